The largest absolute Gasteiger partial charge is 0.364 e. The lowest BCUT2D eigenvalue weighted by molar-refractivity contribution is 0.116. The first-order valence-corrected chi connectivity index (χ1v) is 2.27. The standard InChI is InChI=1S/C4H9NO/c5-4-2-1-3-6-4/h4H,1-3,5H2/t4-/m0/s1. The molecule has 1 rings (SSSR count). The van der Waals surface area contributed by atoms with Crippen molar-refractivity contribution in [2.24, 2.45) is 5.73 Å². The summed E-state index contributed by atoms with van der Waals surface area (Å²) in [6, 6.07) is 0. The molecule has 36 valence electrons. The second kappa shape index (κ2) is 1.58. The predicted octanol–water partition coefficient (Wildman–Crippen LogP) is 0.0816. The van der Waals surface area contributed by atoms with Crippen molar-refractivity contribution in [3.63, 3.8) is 0 Å². The number of rotatable bonds is 0. The van der Waals surface area contributed by atoms with Crippen LogP contribution < -0.4 is 5.73 Å². The molecule has 0 aromatic carbocycles. The van der Waals surface area contributed by atoms with Gasteiger partial charge in [-0.25, -0.2) is 0 Å². The molecule has 0 radical (unpaired) electrons. The molecule has 1 fully saturated rings. The maximum Gasteiger partial charge on any atom is 0.105 e. The van der Waals surface area contributed by atoms with Crippen LogP contribution in [0.1, 0.15) is 12.8 Å². The van der Waals surface area contributed by atoms with E-state index in [0.717, 1.165) is 19.4 Å². The molecule has 0 spiro atoms. The molecule has 1 aliphatic rings. The van der Waals surface area contributed by atoms with Crippen LogP contribution >= 0.6 is 0 Å². The predicted molar refractivity (Wildman–Crippen MR) is 23.2 cm³/mol. The minimum absolute atomic E-state index is 0.0463. The van der Waals surface area contributed by atoms with E-state index in [1.807, 2.05) is 0 Å². The highest BCUT2D eigenvalue weighted by Gasteiger charge is 2.07. The fourth-order valence-electron chi connectivity index (χ4n) is 0.603. The minimum atomic E-state index is 0.0463. The Labute approximate surface area is 37.3 Å². The lowest BCUT2D eigenvalue weighted by Crippen LogP contribution is -2.16. The summed E-state index contributed by atoms with van der Waals surface area (Å²) in [7, 11) is 0. The Morgan fingerprint density at radius 3 is 2.67 bits per heavy atom. The van der Waals surface area contributed by atoms with Crippen LogP contribution in [0.25, 0.3) is 0 Å². The molecule has 1 aliphatic heterocycles. The second-order valence-corrected chi connectivity index (χ2v) is 1.55. The van der Waals surface area contributed by atoms with Crippen LogP contribution in [0.4, 0.5) is 0 Å². The smallest absolute Gasteiger partial charge is 0.105 e. The minimum Gasteiger partial charge on any atom is -0.364 e. The number of hydrogen-bond acceptors (Lipinski definition) is 2. The van der Waals surface area contributed by atoms with Crippen LogP contribution in [-0.4, -0.2) is 12.8 Å². The molecule has 0 bridgehead atoms. The van der Waals surface area contributed by atoms with Gasteiger partial charge < -0.3 is 10.5 Å². The molecule has 0 unspecified atom stereocenters. The van der Waals surface area contributed by atoms with E-state index in [1.165, 1.54) is 0 Å². The number of nitrogens with two attached hydrogens (primary N) is 1. The Kier molecular flexibility index (Phi) is 1.08. The Hall–Kier alpha value is -0.0800. The lowest BCUT2D eigenvalue weighted by atomic mass is 10.3. The molecule has 0 aromatic heterocycles. The molecule has 0 aromatic rings. The van der Waals surface area contributed by atoms with Gasteiger partial charge in [0.1, 0.15) is 6.23 Å². The molecule has 2 N–H and O–H groups in total. The van der Waals surface area contributed by atoms with Crippen LogP contribution in [0.5, 0.6) is 0 Å². The van der Waals surface area contributed by atoms with Gasteiger partial charge in [0.15, 0.2) is 0 Å². The average molecular weight is 87.1 g/mol. The first-order chi connectivity index (χ1) is 2.89. The van der Waals surface area contributed by atoms with Gasteiger partial charge in [0.2, 0.25) is 0 Å². The summed E-state index contributed by atoms with van der Waals surface area (Å²) in [6.45, 7) is 0.862. The summed E-state index contributed by atoms with van der Waals surface area (Å²) in [5, 5.41) is 0. The van der Waals surface area contributed by atoms with Crippen LogP contribution in [-0.2, 0) is 4.74 Å². The van der Waals surface area contributed by atoms with Crippen molar-refractivity contribution in [1.29, 1.82) is 0 Å². The highest BCUT2D eigenvalue weighted by Crippen LogP contribution is 2.04. The molecule has 1 atom stereocenters. The topological polar surface area (TPSA) is 35.2 Å². The molecule has 2 nitrogen and oxygen atoms in total. The Balaban J connectivity index is 2.18. The van der Waals surface area contributed by atoms with Crippen molar-refractivity contribution >= 4 is 0 Å². The summed E-state index contributed by atoms with van der Waals surface area (Å²) in [4.78, 5) is 0. The van der Waals surface area contributed by atoms with Crippen LogP contribution in [0.3, 0.4) is 0 Å². The van der Waals surface area contributed by atoms with Gasteiger partial charge in [-0.15, -0.1) is 0 Å². The molecule has 0 amide bonds. The quantitative estimate of drug-likeness (QED) is 0.454. The molecule has 6 heavy (non-hydrogen) atoms. The van der Waals surface area contributed by atoms with Gasteiger partial charge in [-0.05, 0) is 12.8 Å². The number of ether oxygens (including phenoxy) is 1. The van der Waals surface area contributed by atoms with E-state index in [9.17, 15) is 0 Å². The third kappa shape index (κ3) is 0.698. The van der Waals surface area contributed by atoms with Gasteiger partial charge in [0, 0.05) is 6.61 Å². The zero-order valence-electron chi connectivity index (χ0n) is 3.68. The molecule has 0 saturated carbocycles. The average Bonchev–Trinajstić information content (AvgIpc) is 1.86. The van der Waals surface area contributed by atoms with Gasteiger partial charge in [0.05, 0.1) is 0 Å². The third-order valence-electron chi connectivity index (χ3n) is 0.965. The lowest BCUT2D eigenvalue weighted by Gasteiger charge is -1.95. The van der Waals surface area contributed by atoms with E-state index in [2.05, 4.69) is 0 Å². The van der Waals surface area contributed by atoms with Gasteiger partial charge >= 0.3 is 0 Å². The van der Waals surface area contributed by atoms with Crippen molar-refractivity contribution < 1.29 is 4.74 Å². The van der Waals surface area contributed by atoms with Crippen molar-refractivity contribution in [1.82, 2.24) is 0 Å². The Bertz CT molecular complexity index is 40.8. The molecule has 1 heterocycles. The zero-order chi connectivity index (χ0) is 4.41. The van der Waals surface area contributed by atoms with Crippen molar-refractivity contribution in [2.75, 3.05) is 6.61 Å². The van der Waals surface area contributed by atoms with Gasteiger partial charge in [-0.1, -0.05) is 0 Å². The molecular weight excluding hydrogens is 78.0 g/mol. The Morgan fingerprint density at radius 2 is 2.50 bits per heavy atom. The maximum absolute atomic E-state index is 5.31. The highest BCUT2D eigenvalue weighted by atomic mass is 16.5. The van der Waals surface area contributed by atoms with E-state index < -0.39 is 0 Å². The maximum atomic E-state index is 5.31. The van der Waals surface area contributed by atoms with Crippen molar-refractivity contribution in [3.8, 4) is 0 Å². The third-order valence-corrected chi connectivity index (χ3v) is 0.965. The van der Waals surface area contributed by atoms with Crippen molar-refractivity contribution in [2.45, 2.75) is 19.1 Å². The summed E-state index contributed by atoms with van der Waals surface area (Å²) in [5.41, 5.74) is 5.31. The second-order valence-electron chi connectivity index (χ2n) is 1.55. The van der Waals surface area contributed by atoms with E-state index in [1.54, 1.807) is 0 Å². The van der Waals surface area contributed by atoms with E-state index in [4.69, 9.17) is 10.5 Å². The first-order valence-electron chi connectivity index (χ1n) is 2.27. The molecular formula is C4H9NO. The SMILES string of the molecule is N[C@@H]1CCCO1. The summed E-state index contributed by atoms with van der Waals surface area (Å²) < 4.78 is 4.93. The van der Waals surface area contributed by atoms with E-state index in [-0.39, 0.29) is 6.23 Å². The molecule has 2 heteroatoms. The monoisotopic (exact) mass is 87.1 g/mol. The fourth-order valence-corrected chi connectivity index (χ4v) is 0.603. The summed E-state index contributed by atoms with van der Waals surface area (Å²) >= 11 is 0. The van der Waals surface area contributed by atoms with E-state index in [0.29, 0.717) is 0 Å². The molecule has 1 saturated heterocycles. The van der Waals surface area contributed by atoms with Crippen LogP contribution in [0, 0.1) is 0 Å². The van der Waals surface area contributed by atoms with E-state index >= 15 is 0 Å². The van der Waals surface area contributed by atoms with Crippen LogP contribution in [0.15, 0.2) is 0 Å². The zero-order valence-corrected chi connectivity index (χ0v) is 3.68. The van der Waals surface area contributed by atoms with Crippen LogP contribution in [0.2, 0.25) is 0 Å². The fraction of sp³-hybridized carbons (Fsp3) is 1.00. The van der Waals surface area contributed by atoms with Gasteiger partial charge in [0.25, 0.3) is 0 Å². The highest BCUT2D eigenvalue weighted by molar-refractivity contribution is 4.54. The van der Waals surface area contributed by atoms with Crippen molar-refractivity contribution in [3.05, 3.63) is 0 Å². The molecule has 0 aliphatic carbocycles. The number of hydrogen-bond donors (Lipinski definition) is 1. The van der Waals surface area contributed by atoms with Gasteiger partial charge in [-0.3, -0.25) is 0 Å². The normalized spacial score (nSPS) is 34.5. The van der Waals surface area contributed by atoms with Gasteiger partial charge in [-0.2, -0.15) is 0 Å². The Morgan fingerprint density at radius 1 is 1.67 bits per heavy atom. The summed E-state index contributed by atoms with van der Waals surface area (Å²) in [5.74, 6) is 0. The first kappa shape index (κ1) is 4.09. The summed E-state index contributed by atoms with van der Waals surface area (Å²) in [6.07, 6.45) is 2.23.